The molecular formula is C17H13NO4. The third-order valence-electron chi connectivity index (χ3n) is 3.40. The lowest BCUT2D eigenvalue weighted by molar-refractivity contribution is 0.0691. The number of nitrogens with one attached hydrogen (secondary N) is 1. The Bertz CT molecular complexity index is 851. The molecule has 0 unspecified atom stereocenters. The number of benzene rings is 2. The van der Waals surface area contributed by atoms with Gasteiger partial charge in [-0.2, -0.15) is 0 Å². The molecule has 5 nitrogen and oxygen atoms in total. The van der Waals surface area contributed by atoms with Gasteiger partial charge in [0.05, 0.1) is 0 Å². The number of aldehydes is 1. The van der Waals surface area contributed by atoms with E-state index in [4.69, 9.17) is 9.84 Å². The molecule has 5 heteroatoms. The maximum atomic E-state index is 11.0. The van der Waals surface area contributed by atoms with Crippen molar-refractivity contribution in [2.75, 3.05) is 0 Å². The molecule has 0 saturated carbocycles. The van der Waals surface area contributed by atoms with E-state index in [0.717, 1.165) is 22.8 Å². The van der Waals surface area contributed by atoms with Crippen LogP contribution in [0.4, 0.5) is 0 Å². The van der Waals surface area contributed by atoms with E-state index in [9.17, 15) is 9.59 Å². The van der Waals surface area contributed by atoms with Crippen molar-refractivity contribution in [3.8, 4) is 5.75 Å². The van der Waals surface area contributed by atoms with Crippen LogP contribution < -0.4 is 4.74 Å². The molecule has 1 aromatic heterocycles. The Hall–Kier alpha value is -3.08. The normalized spacial score (nSPS) is 10.5. The van der Waals surface area contributed by atoms with Gasteiger partial charge in [0.2, 0.25) is 0 Å². The van der Waals surface area contributed by atoms with Crippen LogP contribution >= 0.6 is 0 Å². The number of H-pyrrole nitrogens is 1. The third-order valence-corrected chi connectivity index (χ3v) is 3.40. The molecule has 0 aliphatic rings. The van der Waals surface area contributed by atoms with Gasteiger partial charge in [-0.3, -0.25) is 4.79 Å². The largest absolute Gasteiger partial charge is 0.489 e. The van der Waals surface area contributed by atoms with Gasteiger partial charge in [0.25, 0.3) is 0 Å². The molecule has 0 atom stereocenters. The maximum absolute atomic E-state index is 11.0. The highest BCUT2D eigenvalue weighted by molar-refractivity contribution is 5.94. The molecule has 0 radical (unpaired) electrons. The molecule has 1 heterocycles. The number of aromatic carboxylic acids is 1. The Balaban J connectivity index is 1.82. The predicted octanol–water partition coefficient (Wildman–Crippen LogP) is 3.26. The first-order chi connectivity index (χ1) is 10.7. The zero-order valence-corrected chi connectivity index (χ0v) is 11.6. The Morgan fingerprint density at radius 2 is 2.00 bits per heavy atom. The molecule has 0 saturated heterocycles. The first-order valence-corrected chi connectivity index (χ1v) is 6.69. The molecule has 2 N–H and O–H groups in total. The summed E-state index contributed by atoms with van der Waals surface area (Å²) in [6.45, 7) is 0.274. The van der Waals surface area contributed by atoms with E-state index in [1.54, 1.807) is 36.4 Å². The highest BCUT2D eigenvalue weighted by atomic mass is 16.5. The van der Waals surface area contributed by atoms with E-state index in [2.05, 4.69) is 4.98 Å². The molecular weight excluding hydrogens is 282 g/mol. The summed E-state index contributed by atoms with van der Waals surface area (Å²) in [5, 5.41) is 9.73. The van der Waals surface area contributed by atoms with E-state index in [1.807, 2.05) is 12.1 Å². The van der Waals surface area contributed by atoms with E-state index >= 15 is 0 Å². The van der Waals surface area contributed by atoms with Gasteiger partial charge < -0.3 is 14.8 Å². The maximum Gasteiger partial charge on any atom is 0.352 e. The van der Waals surface area contributed by atoms with Crippen molar-refractivity contribution in [2.24, 2.45) is 0 Å². The summed E-state index contributed by atoms with van der Waals surface area (Å²) in [4.78, 5) is 24.7. The van der Waals surface area contributed by atoms with E-state index in [-0.39, 0.29) is 12.3 Å². The van der Waals surface area contributed by atoms with Crippen molar-refractivity contribution < 1.29 is 19.4 Å². The summed E-state index contributed by atoms with van der Waals surface area (Å²) >= 11 is 0. The summed E-state index contributed by atoms with van der Waals surface area (Å²) in [6, 6.07) is 14.1. The van der Waals surface area contributed by atoms with Crippen LogP contribution in [0, 0.1) is 0 Å². The molecule has 0 bridgehead atoms. The number of hydrogen-bond donors (Lipinski definition) is 2. The van der Waals surface area contributed by atoms with Crippen molar-refractivity contribution in [2.45, 2.75) is 6.61 Å². The van der Waals surface area contributed by atoms with Crippen LogP contribution in [0.3, 0.4) is 0 Å². The van der Waals surface area contributed by atoms with Crippen LogP contribution in [0.15, 0.2) is 48.5 Å². The summed E-state index contributed by atoms with van der Waals surface area (Å²) in [7, 11) is 0. The van der Waals surface area contributed by atoms with Gasteiger partial charge in [-0.15, -0.1) is 0 Å². The average molecular weight is 295 g/mol. The van der Waals surface area contributed by atoms with Crippen LogP contribution in [-0.4, -0.2) is 22.3 Å². The number of aromatic amines is 1. The SMILES string of the molecule is O=Cc1ccccc1COc1ccc2[nH]c(C(=O)O)cc2c1. The van der Waals surface area contributed by atoms with E-state index < -0.39 is 5.97 Å². The van der Waals surface area contributed by atoms with Crippen LogP contribution in [-0.2, 0) is 6.61 Å². The highest BCUT2D eigenvalue weighted by Gasteiger charge is 2.08. The molecule has 0 fully saturated rings. The number of rotatable bonds is 5. The quantitative estimate of drug-likeness (QED) is 0.708. The second kappa shape index (κ2) is 5.73. The Morgan fingerprint density at radius 1 is 1.18 bits per heavy atom. The Morgan fingerprint density at radius 3 is 2.77 bits per heavy atom. The minimum absolute atomic E-state index is 0.137. The number of hydrogen-bond acceptors (Lipinski definition) is 3. The number of carboxylic acids is 1. The van der Waals surface area contributed by atoms with Gasteiger partial charge in [-0.25, -0.2) is 4.79 Å². The highest BCUT2D eigenvalue weighted by Crippen LogP contribution is 2.22. The summed E-state index contributed by atoms with van der Waals surface area (Å²) < 4.78 is 5.69. The summed E-state index contributed by atoms with van der Waals surface area (Å²) in [6.07, 6.45) is 0.799. The molecule has 0 aliphatic heterocycles. The molecule has 3 aromatic rings. The standard InChI is InChI=1S/C17H13NO4/c19-9-11-3-1-2-4-12(11)10-22-14-5-6-15-13(7-14)8-16(18-15)17(20)21/h1-9,18H,10H2,(H,20,21). The Kier molecular flexibility index (Phi) is 3.62. The molecule has 3 rings (SSSR count). The fraction of sp³-hybridized carbons (Fsp3) is 0.0588. The molecule has 0 spiro atoms. The second-order valence-corrected chi connectivity index (χ2v) is 4.84. The fourth-order valence-electron chi connectivity index (χ4n) is 2.26. The number of carboxylic acid groups (broad SMARTS) is 1. The van der Waals surface area contributed by atoms with Crippen molar-refractivity contribution in [1.29, 1.82) is 0 Å². The number of carbonyl (C=O) groups excluding carboxylic acids is 1. The summed E-state index contributed by atoms with van der Waals surface area (Å²) in [5.74, 6) is -0.386. The first-order valence-electron chi connectivity index (χ1n) is 6.69. The molecule has 110 valence electrons. The number of carbonyl (C=O) groups is 2. The van der Waals surface area contributed by atoms with Crippen LogP contribution in [0.2, 0.25) is 0 Å². The van der Waals surface area contributed by atoms with Gasteiger partial charge in [-0.05, 0) is 29.8 Å². The zero-order chi connectivity index (χ0) is 15.5. The summed E-state index contributed by atoms with van der Waals surface area (Å²) in [5.41, 5.74) is 2.27. The van der Waals surface area contributed by atoms with E-state index in [0.29, 0.717) is 11.3 Å². The van der Waals surface area contributed by atoms with Gasteiger partial charge in [0, 0.05) is 16.5 Å². The molecule has 2 aromatic carbocycles. The first kappa shape index (κ1) is 13.9. The smallest absolute Gasteiger partial charge is 0.352 e. The average Bonchev–Trinajstić information content (AvgIpc) is 2.96. The topological polar surface area (TPSA) is 79.4 Å². The Labute approximate surface area is 126 Å². The van der Waals surface area contributed by atoms with Crippen molar-refractivity contribution in [1.82, 2.24) is 4.98 Å². The minimum Gasteiger partial charge on any atom is -0.489 e. The molecule has 0 amide bonds. The van der Waals surface area contributed by atoms with Crippen LogP contribution in [0.5, 0.6) is 5.75 Å². The van der Waals surface area contributed by atoms with Gasteiger partial charge in [-0.1, -0.05) is 24.3 Å². The van der Waals surface area contributed by atoms with Gasteiger partial charge in [0.1, 0.15) is 24.3 Å². The minimum atomic E-state index is -1.00. The molecule has 0 aliphatic carbocycles. The zero-order valence-electron chi connectivity index (χ0n) is 11.6. The third kappa shape index (κ3) is 2.69. The second-order valence-electron chi connectivity index (χ2n) is 4.84. The number of ether oxygens (including phenoxy) is 1. The van der Waals surface area contributed by atoms with Crippen molar-refractivity contribution in [3.63, 3.8) is 0 Å². The lowest BCUT2D eigenvalue weighted by Crippen LogP contribution is -1.99. The van der Waals surface area contributed by atoms with Crippen LogP contribution in [0.25, 0.3) is 10.9 Å². The lowest BCUT2D eigenvalue weighted by Gasteiger charge is -2.08. The van der Waals surface area contributed by atoms with Crippen molar-refractivity contribution >= 4 is 23.2 Å². The monoisotopic (exact) mass is 295 g/mol. The number of fused-ring (bicyclic) bond motifs is 1. The molecule has 22 heavy (non-hydrogen) atoms. The van der Waals surface area contributed by atoms with Gasteiger partial charge >= 0.3 is 5.97 Å². The predicted molar refractivity (Wildman–Crippen MR) is 81.4 cm³/mol. The van der Waals surface area contributed by atoms with Crippen molar-refractivity contribution in [3.05, 3.63) is 65.4 Å². The van der Waals surface area contributed by atoms with Gasteiger partial charge in [0.15, 0.2) is 0 Å². The lowest BCUT2D eigenvalue weighted by atomic mass is 10.1. The van der Waals surface area contributed by atoms with E-state index in [1.165, 1.54) is 0 Å². The number of aromatic nitrogens is 1. The fourth-order valence-corrected chi connectivity index (χ4v) is 2.26. The van der Waals surface area contributed by atoms with Crippen LogP contribution in [0.1, 0.15) is 26.4 Å².